The number of rotatable bonds is 9. The van der Waals surface area contributed by atoms with Gasteiger partial charge in [0.1, 0.15) is 11.6 Å². The van der Waals surface area contributed by atoms with Crippen molar-refractivity contribution in [2.75, 3.05) is 37.4 Å². The summed E-state index contributed by atoms with van der Waals surface area (Å²) in [5.41, 5.74) is 20.5. The lowest BCUT2D eigenvalue weighted by molar-refractivity contribution is 0.339. The van der Waals surface area contributed by atoms with Gasteiger partial charge in [-0.3, -0.25) is 0 Å². The molecule has 10 nitrogen and oxygen atoms in total. The summed E-state index contributed by atoms with van der Waals surface area (Å²) in [6, 6.07) is 10.5. The summed E-state index contributed by atoms with van der Waals surface area (Å²) in [4.78, 5) is 7.98. The van der Waals surface area contributed by atoms with E-state index in [4.69, 9.17) is 26.1 Å². The highest BCUT2D eigenvalue weighted by molar-refractivity contribution is 7.84. The van der Waals surface area contributed by atoms with Crippen LogP contribution in [0.5, 0.6) is 11.5 Å². The minimum Gasteiger partial charge on any atom is -0.493 e. The molecule has 0 spiro atoms. The van der Waals surface area contributed by atoms with E-state index in [0.29, 0.717) is 46.7 Å². The van der Waals surface area contributed by atoms with Gasteiger partial charge in [0.2, 0.25) is 5.95 Å². The SMILES string of the molecule is CCOc1cc(Cc2cnc(N)nc2N)cc(OS(=O)(=O)N(C)CC)c1-c1cccc(N)c1. The van der Waals surface area contributed by atoms with Gasteiger partial charge in [-0.25, -0.2) is 4.98 Å². The normalized spacial score (nSPS) is 11.5. The van der Waals surface area contributed by atoms with Gasteiger partial charge in [0.25, 0.3) is 0 Å². The maximum Gasteiger partial charge on any atom is 0.384 e. The fourth-order valence-corrected chi connectivity index (χ4v) is 3.99. The Kier molecular flexibility index (Phi) is 7.24. The summed E-state index contributed by atoms with van der Waals surface area (Å²) in [5.74, 6) is 0.860. The van der Waals surface area contributed by atoms with Crippen LogP contribution in [0.2, 0.25) is 0 Å². The first-order valence-corrected chi connectivity index (χ1v) is 11.7. The van der Waals surface area contributed by atoms with Crippen LogP contribution in [0.3, 0.4) is 0 Å². The molecule has 1 heterocycles. The van der Waals surface area contributed by atoms with Crippen molar-refractivity contribution in [1.82, 2.24) is 14.3 Å². The Hall–Kier alpha value is -3.57. The van der Waals surface area contributed by atoms with Crippen molar-refractivity contribution in [3.8, 4) is 22.6 Å². The minimum absolute atomic E-state index is 0.0704. The number of benzene rings is 2. The van der Waals surface area contributed by atoms with Gasteiger partial charge in [0.15, 0.2) is 5.75 Å². The second-order valence-electron chi connectivity index (χ2n) is 7.30. The molecule has 0 saturated carbocycles. The molecule has 11 heteroatoms. The highest BCUT2D eigenvalue weighted by Crippen LogP contribution is 2.42. The lowest BCUT2D eigenvalue weighted by Gasteiger charge is -2.20. The standard InChI is InChI=1S/C22H28N6O4S/c1-4-28(3)33(29,30)32-19-11-14(9-16-13-26-22(25)27-21(16)24)10-18(31-5-2)20(19)15-7-6-8-17(23)12-15/h6-8,10-13H,4-5,9,23H2,1-3H3,(H4,24,25,26,27). The molecule has 0 aliphatic rings. The zero-order chi connectivity index (χ0) is 24.2. The van der Waals surface area contributed by atoms with E-state index in [-0.39, 0.29) is 24.1 Å². The molecule has 3 rings (SSSR count). The van der Waals surface area contributed by atoms with E-state index >= 15 is 0 Å². The molecule has 0 bridgehead atoms. The van der Waals surface area contributed by atoms with Gasteiger partial charge in [-0.2, -0.15) is 17.7 Å². The summed E-state index contributed by atoms with van der Waals surface area (Å²) in [6.07, 6.45) is 1.84. The lowest BCUT2D eigenvalue weighted by atomic mass is 9.98. The maximum atomic E-state index is 12.8. The van der Waals surface area contributed by atoms with Crippen molar-refractivity contribution >= 4 is 27.8 Å². The molecule has 2 aromatic carbocycles. The number of nitrogen functional groups attached to an aromatic ring is 3. The van der Waals surface area contributed by atoms with E-state index in [0.717, 1.165) is 4.31 Å². The topological polar surface area (TPSA) is 160 Å². The van der Waals surface area contributed by atoms with Gasteiger partial charge in [-0.15, -0.1) is 0 Å². The molecule has 0 amide bonds. The maximum absolute atomic E-state index is 12.8. The van der Waals surface area contributed by atoms with Crippen LogP contribution in [0.25, 0.3) is 11.1 Å². The quantitative estimate of drug-likeness (QED) is 0.397. The molecule has 0 fully saturated rings. The van der Waals surface area contributed by atoms with Crippen molar-refractivity contribution in [3.63, 3.8) is 0 Å². The first-order valence-electron chi connectivity index (χ1n) is 10.3. The second-order valence-corrected chi connectivity index (χ2v) is 8.94. The van der Waals surface area contributed by atoms with Gasteiger partial charge in [0, 0.05) is 37.5 Å². The number of hydrogen-bond donors (Lipinski definition) is 3. The second kappa shape index (κ2) is 9.92. The third-order valence-corrected chi connectivity index (χ3v) is 6.35. The molecule has 0 unspecified atom stereocenters. The summed E-state index contributed by atoms with van der Waals surface area (Å²) in [5, 5.41) is 0. The molecule has 0 aliphatic carbocycles. The van der Waals surface area contributed by atoms with Gasteiger partial charge < -0.3 is 26.1 Å². The molecule has 0 saturated heterocycles. The van der Waals surface area contributed by atoms with E-state index < -0.39 is 10.3 Å². The van der Waals surface area contributed by atoms with Crippen molar-refractivity contribution in [3.05, 3.63) is 53.7 Å². The Morgan fingerprint density at radius 3 is 2.42 bits per heavy atom. The molecule has 6 N–H and O–H groups in total. The van der Waals surface area contributed by atoms with Gasteiger partial charge in [0.05, 0.1) is 12.2 Å². The molecular formula is C22H28N6O4S. The van der Waals surface area contributed by atoms with E-state index in [9.17, 15) is 8.42 Å². The van der Waals surface area contributed by atoms with E-state index in [1.54, 1.807) is 37.3 Å². The smallest absolute Gasteiger partial charge is 0.384 e. The molecule has 0 atom stereocenters. The zero-order valence-corrected chi connectivity index (χ0v) is 19.6. The predicted octanol–water partition coefficient (Wildman–Crippen LogP) is 2.46. The van der Waals surface area contributed by atoms with Crippen LogP contribution in [0, 0.1) is 0 Å². The number of nitrogens with zero attached hydrogens (tertiary/aromatic N) is 3. The molecular weight excluding hydrogens is 444 g/mol. The van der Waals surface area contributed by atoms with Gasteiger partial charge in [-0.05, 0) is 42.3 Å². The van der Waals surface area contributed by atoms with Crippen LogP contribution >= 0.6 is 0 Å². The number of anilines is 3. The fraction of sp³-hybridized carbons (Fsp3) is 0.273. The van der Waals surface area contributed by atoms with Crippen LogP contribution in [-0.2, 0) is 16.7 Å². The van der Waals surface area contributed by atoms with Crippen LogP contribution in [0.15, 0.2) is 42.6 Å². The number of ether oxygens (including phenoxy) is 1. The fourth-order valence-electron chi connectivity index (χ4n) is 3.19. The Balaban J connectivity index is 2.20. The first-order chi connectivity index (χ1) is 15.6. The minimum atomic E-state index is -4.06. The highest BCUT2D eigenvalue weighted by atomic mass is 32.2. The third kappa shape index (κ3) is 5.62. The highest BCUT2D eigenvalue weighted by Gasteiger charge is 2.24. The average Bonchev–Trinajstić information content (AvgIpc) is 2.75. The van der Waals surface area contributed by atoms with Gasteiger partial charge >= 0.3 is 10.3 Å². The van der Waals surface area contributed by atoms with E-state index in [1.165, 1.54) is 13.2 Å². The zero-order valence-electron chi connectivity index (χ0n) is 18.8. The van der Waals surface area contributed by atoms with Crippen molar-refractivity contribution in [2.45, 2.75) is 20.3 Å². The Bertz CT molecular complexity index is 1250. The monoisotopic (exact) mass is 472 g/mol. The summed E-state index contributed by atoms with van der Waals surface area (Å²) in [6.45, 7) is 4.15. The van der Waals surface area contributed by atoms with Crippen molar-refractivity contribution in [1.29, 1.82) is 0 Å². The molecule has 0 aliphatic heterocycles. The summed E-state index contributed by atoms with van der Waals surface area (Å²) in [7, 11) is -2.62. The van der Waals surface area contributed by atoms with Crippen molar-refractivity contribution in [2.24, 2.45) is 0 Å². The molecule has 1 aromatic heterocycles. The summed E-state index contributed by atoms with van der Waals surface area (Å²) < 4.78 is 38.2. The largest absolute Gasteiger partial charge is 0.493 e. The van der Waals surface area contributed by atoms with Crippen LogP contribution in [0.1, 0.15) is 25.0 Å². The van der Waals surface area contributed by atoms with Crippen molar-refractivity contribution < 1.29 is 17.3 Å². The average molecular weight is 473 g/mol. The predicted molar refractivity (Wildman–Crippen MR) is 129 cm³/mol. The van der Waals surface area contributed by atoms with E-state index in [1.807, 2.05) is 13.0 Å². The molecule has 176 valence electrons. The third-order valence-electron chi connectivity index (χ3n) is 4.93. The number of nitrogens with two attached hydrogens (primary N) is 3. The number of aromatic nitrogens is 2. The van der Waals surface area contributed by atoms with Crippen LogP contribution in [0.4, 0.5) is 17.5 Å². The molecule has 33 heavy (non-hydrogen) atoms. The Labute approximate surface area is 193 Å². The van der Waals surface area contributed by atoms with Crippen LogP contribution < -0.4 is 26.1 Å². The Morgan fingerprint density at radius 1 is 1.06 bits per heavy atom. The van der Waals surface area contributed by atoms with Gasteiger partial charge in [-0.1, -0.05) is 19.1 Å². The molecule has 0 radical (unpaired) electrons. The van der Waals surface area contributed by atoms with E-state index in [2.05, 4.69) is 9.97 Å². The molecule has 3 aromatic rings. The van der Waals surface area contributed by atoms with Crippen LogP contribution in [-0.4, -0.2) is 42.9 Å². The lowest BCUT2D eigenvalue weighted by Crippen LogP contribution is -2.30. The summed E-state index contributed by atoms with van der Waals surface area (Å²) >= 11 is 0. The Morgan fingerprint density at radius 2 is 1.79 bits per heavy atom. The number of hydrogen-bond acceptors (Lipinski definition) is 9. The first kappa shape index (κ1) is 24.1.